The molecule has 0 saturated heterocycles. The summed E-state index contributed by atoms with van der Waals surface area (Å²) in [5.41, 5.74) is 8.30. The van der Waals surface area contributed by atoms with E-state index < -0.39 is 0 Å². The minimum atomic E-state index is 1.11. The topological polar surface area (TPSA) is 3.24 Å². The largest absolute Gasteiger partial charge is 0.310 e. The summed E-state index contributed by atoms with van der Waals surface area (Å²) in [7, 11) is 0. The zero-order valence-corrected chi connectivity index (χ0v) is 30.2. The smallest absolute Gasteiger partial charge is 0.0468 e. The van der Waals surface area contributed by atoms with Crippen LogP contribution in [0.3, 0.4) is 0 Å². The van der Waals surface area contributed by atoms with Gasteiger partial charge < -0.3 is 4.90 Å². The molecule has 0 unspecified atom stereocenters. The Kier molecular flexibility index (Phi) is 7.11. The minimum absolute atomic E-state index is 1.11. The standard InChI is InChI=1S/C52H33NS/c1-2-13-40-34(11-1)12-9-19-41(40)35-23-27-37(28-24-35)53(39-31-32-47-45-16-4-3-14-43(45)44-15-5-6-17-46(44)50(47)33-39)38-29-25-36(26-30-38)42-20-10-21-49-48-18-7-8-22-51(48)54-52(42)49/h1-33H. The van der Waals surface area contributed by atoms with Crippen molar-refractivity contribution in [2.45, 2.75) is 0 Å². The summed E-state index contributed by atoms with van der Waals surface area (Å²) >= 11 is 1.88. The molecule has 0 N–H and O–H groups in total. The molecule has 11 aromatic rings. The van der Waals surface area contributed by atoms with Crippen LogP contribution in [0.4, 0.5) is 17.1 Å². The Hall–Kier alpha value is -6.74. The average Bonchev–Trinajstić information content (AvgIpc) is 3.63. The lowest BCUT2D eigenvalue weighted by atomic mass is 9.94. The second-order valence-electron chi connectivity index (χ2n) is 14.1. The number of thiophene rings is 1. The third-order valence-corrected chi connectivity index (χ3v) is 12.3. The lowest BCUT2D eigenvalue weighted by Gasteiger charge is -2.27. The maximum absolute atomic E-state index is 2.40. The van der Waals surface area contributed by atoms with Crippen LogP contribution in [0.2, 0.25) is 0 Å². The molecule has 11 rings (SSSR count). The molecule has 0 fully saturated rings. The summed E-state index contributed by atoms with van der Waals surface area (Å²) in [5.74, 6) is 0. The van der Waals surface area contributed by atoms with Gasteiger partial charge in [-0.2, -0.15) is 0 Å². The highest BCUT2D eigenvalue weighted by atomic mass is 32.1. The molecular formula is C52H33NS. The third-order valence-electron chi connectivity index (χ3n) is 11.1. The summed E-state index contributed by atoms with van der Waals surface area (Å²) < 4.78 is 2.66. The fourth-order valence-electron chi connectivity index (χ4n) is 8.51. The first-order valence-electron chi connectivity index (χ1n) is 18.5. The molecule has 1 nitrogen and oxygen atoms in total. The first-order valence-corrected chi connectivity index (χ1v) is 19.3. The van der Waals surface area contributed by atoms with E-state index in [4.69, 9.17) is 0 Å². The summed E-state index contributed by atoms with van der Waals surface area (Å²) in [6.07, 6.45) is 0. The molecule has 0 aliphatic heterocycles. The van der Waals surface area contributed by atoms with E-state index in [-0.39, 0.29) is 0 Å². The summed E-state index contributed by atoms with van der Waals surface area (Å²) in [4.78, 5) is 2.40. The molecule has 0 aliphatic carbocycles. The number of fused-ring (bicyclic) bond motifs is 10. The van der Waals surface area contributed by atoms with Gasteiger partial charge in [-0.3, -0.25) is 0 Å². The maximum atomic E-state index is 2.40. The zero-order valence-electron chi connectivity index (χ0n) is 29.4. The molecule has 0 bridgehead atoms. The van der Waals surface area contributed by atoms with E-state index in [1.165, 1.54) is 85.5 Å². The Morgan fingerprint density at radius 1 is 0.296 bits per heavy atom. The van der Waals surface area contributed by atoms with Crippen LogP contribution in [0.1, 0.15) is 0 Å². The van der Waals surface area contributed by atoms with Crippen molar-refractivity contribution >= 4 is 91.7 Å². The van der Waals surface area contributed by atoms with Gasteiger partial charge in [-0.15, -0.1) is 11.3 Å². The Bertz CT molecular complexity index is 3170. The van der Waals surface area contributed by atoms with Crippen LogP contribution in [0, 0.1) is 0 Å². The Morgan fingerprint density at radius 2 is 0.759 bits per heavy atom. The van der Waals surface area contributed by atoms with Gasteiger partial charge in [-0.25, -0.2) is 0 Å². The van der Waals surface area contributed by atoms with Crippen molar-refractivity contribution in [3.8, 4) is 22.3 Å². The van der Waals surface area contributed by atoms with Crippen LogP contribution in [-0.2, 0) is 0 Å². The van der Waals surface area contributed by atoms with Crippen molar-refractivity contribution in [1.82, 2.24) is 0 Å². The summed E-state index contributed by atoms with van der Waals surface area (Å²) in [6, 6.07) is 73.4. The van der Waals surface area contributed by atoms with Gasteiger partial charge in [0.15, 0.2) is 0 Å². The number of rotatable bonds is 5. The SMILES string of the molecule is c1ccc2c(-c3ccc(N(c4ccc(-c5cccc6c5sc5ccccc56)cc4)c4ccc5c6ccccc6c6ccccc6c5c4)cc3)cccc2c1. The molecule has 0 spiro atoms. The van der Waals surface area contributed by atoms with Crippen molar-refractivity contribution < 1.29 is 0 Å². The minimum Gasteiger partial charge on any atom is -0.310 e. The molecule has 0 radical (unpaired) electrons. The predicted octanol–water partition coefficient (Wildman–Crippen LogP) is 15.5. The highest BCUT2D eigenvalue weighted by molar-refractivity contribution is 7.26. The van der Waals surface area contributed by atoms with E-state index in [9.17, 15) is 0 Å². The van der Waals surface area contributed by atoms with Crippen LogP contribution in [-0.4, -0.2) is 0 Å². The van der Waals surface area contributed by atoms with Crippen molar-refractivity contribution in [3.63, 3.8) is 0 Å². The van der Waals surface area contributed by atoms with E-state index in [0.717, 1.165) is 17.1 Å². The van der Waals surface area contributed by atoms with Crippen LogP contribution < -0.4 is 4.90 Å². The van der Waals surface area contributed by atoms with Gasteiger partial charge in [0.1, 0.15) is 0 Å². The quantitative estimate of drug-likeness (QED) is 0.161. The highest BCUT2D eigenvalue weighted by Gasteiger charge is 2.17. The predicted molar refractivity (Wildman–Crippen MR) is 235 cm³/mol. The first-order chi connectivity index (χ1) is 26.8. The van der Waals surface area contributed by atoms with E-state index in [1.54, 1.807) is 0 Å². The van der Waals surface area contributed by atoms with Crippen LogP contribution in [0.15, 0.2) is 200 Å². The molecular weight excluding hydrogens is 671 g/mol. The maximum Gasteiger partial charge on any atom is 0.0468 e. The molecule has 0 saturated carbocycles. The van der Waals surface area contributed by atoms with Gasteiger partial charge >= 0.3 is 0 Å². The molecule has 0 atom stereocenters. The third kappa shape index (κ3) is 4.92. The number of hydrogen-bond donors (Lipinski definition) is 0. The normalized spacial score (nSPS) is 11.7. The van der Waals surface area contributed by atoms with Crippen molar-refractivity contribution in [3.05, 3.63) is 200 Å². The van der Waals surface area contributed by atoms with E-state index in [0.29, 0.717) is 0 Å². The lowest BCUT2D eigenvalue weighted by molar-refractivity contribution is 1.29. The molecule has 10 aromatic carbocycles. The highest BCUT2D eigenvalue weighted by Crippen LogP contribution is 2.44. The number of nitrogens with zero attached hydrogens (tertiary/aromatic N) is 1. The van der Waals surface area contributed by atoms with E-state index >= 15 is 0 Å². The summed E-state index contributed by atoms with van der Waals surface area (Å²) in [5, 5.41) is 12.8. The lowest BCUT2D eigenvalue weighted by Crippen LogP contribution is -2.10. The average molecular weight is 704 g/mol. The fraction of sp³-hybridized carbons (Fsp3) is 0. The Balaban J connectivity index is 1.08. The van der Waals surface area contributed by atoms with Crippen LogP contribution >= 0.6 is 11.3 Å². The molecule has 252 valence electrons. The number of anilines is 3. The monoisotopic (exact) mass is 703 g/mol. The molecule has 1 aromatic heterocycles. The Labute approximate surface area is 317 Å². The molecule has 0 amide bonds. The second-order valence-corrected chi connectivity index (χ2v) is 15.1. The van der Waals surface area contributed by atoms with Gasteiger partial charge in [0.25, 0.3) is 0 Å². The van der Waals surface area contributed by atoms with Crippen LogP contribution in [0.5, 0.6) is 0 Å². The molecule has 0 aliphatic rings. The van der Waals surface area contributed by atoms with Gasteiger partial charge in [-0.05, 0) is 108 Å². The second kappa shape index (κ2) is 12.4. The zero-order chi connectivity index (χ0) is 35.6. The first kappa shape index (κ1) is 30.8. The summed E-state index contributed by atoms with van der Waals surface area (Å²) in [6.45, 7) is 0. The molecule has 2 heteroatoms. The van der Waals surface area contributed by atoms with E-state index in [1.807, 2.05) is 11.3 Å². The van der Waals surface area contributed by atoms with Crippen LogP contribution in [0.25, 0.3) is 85.5 Å². The van der Waals surface area contributed by atoms with Gasteiger partial charge in [-0.1, -0.05) is 158 Å². The van der Waals surface area contributed by atoms with Gasteiger partial charge in [0.2, 0.25) is 0 Å². The van der Waals surface area contributed by atoms with Gasteiger partial charge in [0, 0.05) is 37.2 Å². The van der Waals surface area contributed by atoms with Crippen molar-refractivity contribution in [2.24, 2.45) is 0 Å². The molecule has 1 heterocycles. The fourth-order valence-corrected chi connectivity index (χ4v) is 9.75. The number of hydrogen-bond acceptors (Lipinski definition) is 2. The van der Waals surface area contributed by atoms with Crippen molar-refractivity contribution in [2.75, 3.05) is 4.90 Å². The van der Waals surface area contributed by atoms with Gasteiger partial charge in [0.05, 0.1) is 0 Å². The molecule has 54 heavy (non-hydrogen) atoms. The van der Waals surface area contributed by atoms with Crippen molar-refractivity contribution in [1.29, 1.82) is 0 Å². The number of benzene rings is 10. The Morgan fingerprint density at radius 3 is 1.44 bits per heavy atom. The van der Waals surface area contributed by atoms with E-state index in [2.05, 4.69) is 205 Å².